The van der Waals surface area contributed by atoms with Crippen LogP contribution in [-0.4, -0.2) is 63.2 Å². The van der Waals surface area contributed by atoms with E-state index < -0.39 is 0 Å². The van der Waals surface area contributed by atoms with Crippen molar-refractivity contribution in [1.29, 1.82) is 0 Å². The van der Waals surface area contributed by atoms with E-state index in [2.05, 4.69) is 70.1 Å². The summed E-state index contributed by atoms with van der Waals surface area (Å²) in [4.78, 5) is 5.69. The lowest BCUT2D eigenvalue weighted by Crippen LogP contribution is -2.31. The summed E-state index contributed by atoms with van der Waals surface area (Å²) in [5, 5.41) is 14.9. The van der Waals surface area contributed by atoms with Gasteiger partial charge < -0.3 is 14.6 Å². The molecule has 2 saturated heterocycles. The second-order valence-corrected chi connectivity index (χ2v) is 10.3. The van der Waals surface area contributed by atoms with Crippen LogP contribution in [0.3, 0.4) is 0 Å². The molecule has 2 aliphatic rings. The molecule has 182 valence electrons. The molecule has 5 heterocycles. The first-order valence-corrected chi connectivity index (χ1v) is 12.8. The molecular weight excluding hydrogens is 436 g/mol. The molecule has 3 aromatic heterocycles. The Morgan fingerprint density at radius 1 is 0.943 bits per heavy atom. The molecule has 7 nitrogen and oxygen atoms in total. The highest BCUT2D eigenvalue weighted by molar-refractivity contribution is 5.94. The zero-order chi connectivity index (χ0) is 23.9. The minimum atomic E-state index is 0.473. The number of hydrogen-bond donors (Lipinski definition) is 1. The Hall–Kier alpha value is -3.03. The van der Waals surface area contributed by atoms with Crippen LogP contribution in [0.15, 0.2) is 36.8 Å². The molecule has 0 unspecified atom stereocenters. The zero-order valence-corrected chi connectivity index (χ0v) is 20.9. The van der Waals surface area contributed by atoms with Crippen LogP contribution in [0.2, 0.25) is 0 Å². The number of fused-ring (bicyclic) bond motifs is 1. The highest BCUT2D eigenvalue weighted by Gasteiger charge is 2.22. The van der Waals surface area contributed by atoms with E-state index in [1.165, 1.54) is 16.7 Å². The number of aromatic nitrogens is 5. The number of rotatable bonds is 4. The summed E-state index contributed by atoms with van der Waals surface area (Å²) >= 11 is 0. The molecule has 0 atom stereocenters. The lowest BCUT2D eigenvalue weighted by atomic mass is 9.84. The van der Waals surface area contributed by atoms with Crippen LogP contribution in [0.4, 0.5) is 0 Å². The number of H-pyrrole nitrogens is 1. The van der Waals surface area contributed by atoms with E-state index in [1.54, 1.807) is 0 Å². The van der Waals surface area contributed by atoms with Crippen molar-refractivity contribution in [2.24, 2.45) is 0 Å². The van der Waals surface area contributed by atoms with Gasteiger partial charge in [0.25, 0.3) is 0 Å². The number of benzene rings is 1. The maximum absolute atomic E-state index is 5.59. The highest BCUT2D eigenvalue weighted by atomic mass is 16.5. The maximum Gasteiger partial charge on any atom is 0.160 e. The number of aryl methyl sites for hydroxylation is 2. The molecule has 7 heteroatoms. The van der Waals surface area contributed by atoms with E-state index in [-0.39, 0.29) is 0 Å². The Labute approximate surface area is 206 Å². The minimum Gasteiger partial charge on any atom is -0.381 e. The van der Waals surface area contributed by atoms with Crippen LogP contribution in [0.5, 0.6) is 0 Å². The number of ether oxygens (including phenoxy) is 1. The lowest BCUT2D eigenvalue weighted by Gasteiger charge is -2.28. The number of likely N-dealkylation sites (tertiary alicyclic amines) is 1. The normalized spacial score (nSPS) is 18.5. The summed E-state index contributed by atoms with van der Waals surface area (Å²) in [6.45, 7) is 8.42. The van der Waals surface area contributed by atoms with Crippen LogP contribution in [0.25, 0.3) is 33.4 Å². The smallest absolute Gasteiger partial charge is 0.160 e. The van der Waals surface area contributed by atoms with E-state index in [4.69, 9.17) is 9.84 Å². The van der Waals surface area contributed by atoms with Gasteiger partial charge in [0.05, 0.1) is 17.9 Å². The van der Waals surface area contributed by atoms with Crippen molar-refractivity contribution in [3.63, 3.8) is 0 Å². The quantitative estimate of drug-likeness (QED) is 0.440. The first kappa shape index (κ1) is 22.4. The van der Waals surface area contributed by atoms with Gasteiger partial charge in [-0.25, -0.2) is 0 Å². The van der Waals surface area contributed by atoms with Crippen LogP contribution in [-0.2, 0) is 4.74 Å². The fourth-order valence-corrected chi connectivity index (χ4v) is 5.99. The molecule has 0 saturated carbocycles. The average molecular weight is 471 g/mol. The molecule has 0 aliphatic carbocycles. The van der Waals surface area contributed by atoms with Gasteiger partial charge >= 0.3 is 0 Å². The topological polar surface area (TPSA) is 71.9 Å². The number of nitrogens with zero attached hydrogens (tertiary/aromatic N) is 5. The zero-order valence-electron chi connectivity index (χ0n) is 20.9. The second-order valence-electron chi connectivity index (χ2n) is 10.3. The number of nitrogens with one attached hydrogen (secondary N) is 1. The maximum atomic E-state index is 5.59. The van der Waals surface area contributed by atoms with Gasteiger partial charge in [-0.2, -0.15) is 5.10 Å². The van der Waals surface area contributed by atoms with Gasteiger partial charge in [-0.1, -0.05) is 0 Å². The van der Waals surface area contributed by atoms with Crippen LogP contribution >= 0.6 is 0 Å². The van der Waals surface area contributed by atoms with Crippen LogP contribution < -0.4 is 0 Å². The van der Waals surface area contributed by atoms with E-state index >= 15 is 0 Å². The fraction of sp³-hybridized carbons (Fsp3) is 0.464. The third-order valence-electron chi connectivity index (χ3n) is 7.93. The SMILES string of the molecule is Cc1cc(-c2cc3c(-c4cnn(C5CCN(C)CC5)c4)c[nH]c3nn2)cc(C)c1C1CCOCC1. The van der Waals surface area contributed by atoms with Gasteiger partial charge in [0.15, 0.2) is 5.65 Å². The second kappa shape index (κ2) is 9.21. The monoisotopic (exact) mass is 470 g/mol. The summed E-state index contributed by atoms with van der Waals surface area (Å²) in [6, 6.07) is 7.19. The summed E-state index contributed by atoms with van der Waals surface area (Å²) in [7, 11) is 2.19. The molecule has 6 rings (SSSR count). The third kappa shape index (κ3) is 4.28. The van der Waals surface area contributed by atoms with Gasteiger partial charge in [0.2, 0.25) is 0 Å². The van der Waals surface area contributed by atoms with Gasteiger partial charge in [0, 0.05) is 47.7 Å². The highest BCUT2D eigenvalue weighted by Crippen LogP contribution is 2.36. The molecule has 0 spiro atoms. The lowest BCUT2D eigenvalue weighted by molar-refractivity contribution is 0.0851. The average Bonchev–Trinajstić information content (AvgIpc) is 3.51. The number of piperidine rings is 1. The van der Waals surface area contributed by atoms with E-state index in [9.17, 15) is 0 Å². The van der Waals surface area contributed by atoms with Crippen molar-refractivity contribution in [2.45, 2.75) is 51.5 Å². The van der Waals surface area contributed by atoms with Crippen molar-refractivity contribution in [1.82, 2.24) is 29.9 Å². The molecule has 1 N–H and O–H groups in total. The molecule has 0 amide bonds. The molecule has 35 heavy (non-hydrogen) atoms. The Bertz CT molecular complexity index is 1320. The van der Waals surface area contributed by atoms with Crippen molar-refractivity contribution in [3.05, 3.63) is 53.5 Å². The van der Waals surface area contributed by atoms with Gasteiger partial charge in [-0.05, 0) is 100 Å². The molecule has 1 aromatic carbocycles. The number of hydrogen-bond acceptors (Lipinski definition) is 5. The molecule has 4 aromatic rings. The Balaban J connectivity index is 1.32. The van der Waals surface area contributed by atoms with E-state index in [0.29, 0.717) is 12.0 Å². The van der Waals surface area contributed by atoms with Gasteiger partial charge in [-0.3, -0.25) is 4.68 Å². The molecule has 2 fully saturated rings. The fourth-order valence-electron chi connectivity index (χ4n) is 5.99. The summed E-state index contributed by atoms with van der Waals surface area (Å²) in [6.07, 6.45) is 10.7. The Kier molecular flexibility index (Phi) is 5.90. The molecule has 0 bridgehead atoms. The third-order valence-corrected chi connectivity index (χ3v) is 7.93. The summed E-state index contributed by atoms with van der Waals surface area (Å²) < 4.78 is 7.74. The van der Waals surface area contributed by atoms with Crippen molar-refractivity contribution < 1.29 is 4.74 Å². The summed E-state index contributed by atoms with van der Waals surface area (Å²) in [5.41, 5.74) is 9.24. The molecule has 0 radical (unpaired) electrons. The van der Waals surface area contributed by atoms with E-state index in [0.717, 1.165) is 85.4 Å². The standard InChI is InChI=1S/C28H34N6O/c1-18-12-21(13-19(2)27(18)20-6-10-35-11-7-20)26-14-24-25(16-29-28(24)32-31-26)22-15-30-34(17-22)23-4-8-33(3)9-5-23/h12-17,20,23H,4-11H2,1-3H3,(H,29,32). The largest absolute Gasteiger partial charge is 0.381 e. The molecule has 2 aliphatic heterocycles. The Morgan fingerprint density at radius 3 is 2.43 bits per heavy atom. The van der Waals surface area contributed by atoms with Gasteiger partial charge in [0.1, 0.15) is 0 Å². The molecular formula is C28H34N6O. The van der Waals surface area contributed by atoms with Gasteiger partial charge in [-0.15, -0.1) is 10.2 Å². The minimum absolute atomic E-state index is 0.473. The first-order chi connectivity index (χ1) is 17.1. The van der Waals surface area contributed by atoms with E-state index in [1.807, 2.05) is 12.4 Å². The Morgan fingerprint density at radius 2 is 1.69 bits per heavy atom. The predicted molar refractivity (Wildman–Crippen MR) is 139 cm³/mol. The van der Waals surface area contributed by atoms with Crippen LogP contribution in [0.1, 0.15) is 54.3 Å². The first-order valence-electron chi connectivity index (χ1n) is 12.8. The summed E-state index contributed by atoms with van der Waals surface area (Å²) in [5.74, 6) is 0.587. The van der Waals surface area contributed by atoms with Crippen molar-refractivity contribution >= 4 is 11.0 Å². The predicted octanol–water partition coefficient (Wildman–Crippen LogP) is 5.27. The number of aromatic amines is 1. The van der Waals surface area contributed by atoms with Crippen molar-refractivity contribution in [2.75, 3.05) is 33.4 Å². The van der Waals surface area contributed by atoms with Crippen LogP contribution in [0, 0.1) is 13.8 Å². The van der Waals surface area contributed by atoms with Crippen molar-refractivity contribution in [3.8, 4) is 22.4 Å².